The van der Waals surface area contributed by atoms with Gasteiger partial charge in [-0.3, -0.25) is 0 Å². The van der Waals surface area contributed by atoms with Crippen LogP contribution in [-0.2, 0) is 0 Å². The highest BCUT2D eigenvalue weighted by atomic mass is 32.1. The molecule has 0 atom stereocenters. The zero-order chi connectivity index (χ0) is 18.2. The Morgan fingerprint density at radius 2 is 1.89 bits per heavy atom. The summed E-state index contributed by atoms with van der Waals surface area (Å²) in [6.45, 7) is 3.11. The van der Waals surface area contributed by atoms with Crippen molar-refractivity contribution >= 4 is 33.7 Å². The minimum absolute atomic E-state index is 0.546. The van der Waals surface area contributed by atoms with Crippen molar-refractivity contribution in [2.75, 3.05) is 18.5 Å². The normalized spacial score (nSPS) is 12.9. The number of ether oxygens (including phenoxy) is 2. The van der Waals surface area contributed by atoms with Crippen molar-refractivity contribution in [1.29, 1.82) is 0 Å². The number of anilines is 2. The highest BCUT2D eigenvalue weighted by molar-refractivity contribution is 7.09. The average Bonchev–Trinajstić information content (AvgIpc) is 3.13. The predicted octanol–water partition coefficient (Wildman–Crippen LogP) is 4.58. The van der Waals surface area contributed by atoms with Gasteiger partial charge in [0.15, 0.2) is 11.5 Å². The van der Waals surface area contributed by atoms with Crippen LogP contribution in [0.2, 0.25) is 0 Å². The van der Waals surface area contributed by atoms with E-state index in [1.54, 1.807) is 17.7 Å². The summed E-state index contributed by atoms with van der Waals surface area (Å²) in [5, 5.41) is 7.41. The summed E-state index contributed by atoms with van der Waals surface area (Å²) in [5.74, 6) is 2.17. The summed E-state index contributed by atoms with van der Waals surface area (Å²) in [6.07, 6.45) is 1.55. The van der Waals surface area contributed by atoms with Gasteiger partial charge < -0.3 is 14.8 Å². The van der Waals surface area contributed by atoms with Crippen LogP contribution in [0, 0.1) is 6.92 Å². The van der Waals surface area contributed by atoms with Crippen molar-refractivity contribution in [2.45, 2.75) is 6.92 Å². The van der Waals surface area contributed by atoms with Gasteiger partial charge in [0.1, 0.15) is 25.4 Å². The molecule has 0 aliphatic carbocycles. The summed E-state index contributed by atoms with van der Waals surface area (Å²) in [6, 6.07) is 12.0. The number of benzene rings is 2. The van der Waals surface area contributed by atoms with Crippen LogP contribution in [0.5, 0.6) is 11.5 Å². The molecule has 0 saturated carbocycles. The lowest BCUT2D eigenvalue weighted by Crippen LogP contribution is -2.15. The third-order valence-corrected chi connectivity index (χ3v) is 5.11. The summed E-state index contributed by atoms with van der Waals surface area (Å²) in [4.78, 5) is 13.4. The number of thiazole rings is 1. The van der Waals surface area contributed by atoms with Crippen LogP contribution in [0.4, 0.5) is 11.5 Å². The van der Waals surface area contributed by atoms with E-state index >= 15 is 0 Å². The standard InChI is InChI=1S/C20H16N4O2S/c1-12-23-17(10-27-12)13-3-2-4-14(7-13)24-20-15-8-18-19(26-6-5-25-18)9-16(15)21-11-22-20/h2-4,7-11H,5-6H2,1H3,(H,21,22,24). The van der Waals surface area contributed by atoms with Crippen LogP contribution >= 0.6 is 11.3 Å². The number of nitrogens with one attached hydrogen (secondary N) is 1. The van der Waals surface area contributed by atoms with Gasteiger partial charge in [-0.2, -0.15) is 0 Å². The van der Waals surface area contributed by atoms with Crippen LogP contribution in [-0.4, -0.2) is 28.2 Å². The summed E-state index contributed by atoms with van der Waals surface area (Å²) in [7, 11) is 0. The molecule has 6 nitrogen and oxygen atoms in total. The second-order valence-corrected chi connectivity index (χ2v) is 7.26. The van der Waals surface area contributed by atoms with Crippen molar-refractivity contribution in [3.05, 3.63) is 53.1 Å². The largest absolute Gasteiger partial charge is 0.486 e. The molecule has 0 saturated heterocycles. The van der Waals surface area contributed by atoms with Gasteiger partial charge in [0.25, 0.3) is 0 Å². The SMILES string of the molecule is Cc1nc(-c2cccc(Nc3ncnc4cc5c(cc34)OCCO5)c2)cs1. The lowest BCUT2D eigenvalue weighted by Gasteiger charge is -2.19. The van der Waals surface area contributed by atoms with Gasteiger partial charge in [-0.25, -0.2) is 15.0 Å². The second kappa shape index (κ2) is 6.51. The van der Waals surface area contributed by atoms with Gasteiger partial charge in [-0.15, -0.1) is 11.3 Å². The maximum absolute atomic E-state index is 5.70. The minimum atomic E-state index is 0.546. The maximum Gasteiger partial charge on any atom is 0.163 e. The van der Waals surface area contributed by atoms with E-state index in [1.807, 2.05) is 31.2 Å². The smallest absolute Gasteiger partial charge is 0.163 e. The summed E-state index contributed by atoms with van der Waals surface area (Å²) < 4.78 is 11.3. The highest BCUT2D eigenvalue weighted by Crippen LogP contribution is 2.36. The lowest BCUT2D eigenvalue weighted by molar-refractivity contribution is 0.172. The molecule has 5 rings (SSSR count). The van der Waals surface area contributed by atoms with E-state index in [1.165, 1.54) is 0 Å². The van der Waals surface area contributed by atoms with Crippen LogP contribution < -0.4 is 14.8 Å². The Morgan fingerprint density at radius 3 is 2.70 bits per heavy atom. The number of nitrogens with zero attached hydrogens (tertiary/aromatic N) is 3. The highest BCUT2D eigenvalue weighted by Gasteiger charge is 2.15. The van der Waals surface area contributed by atoms with Gasteiger partial charge in [-0.1, -0.05) is 12.1 Å². The molecule has 0 spiro atoms. The van der Waals surface area contributed by atoms with Gasteiger partial charge >= 0.3 is 0 Å². The Balaban J connectivity index is 1.53. The summed E-state index contributed by atoms with van der Waals surface area (Å²) >= 11 is 1.65. The first-order valence-electron chi connectivity index (χ1n) is 8.60. The fourth-order valence-corrected chi connectivity index (χ4v) is 3.70. The Labute approximate surface area is 159 Å². The maximum atomic E-state index is 5.70. The summed E-state index contributed by atoms with van der Waals surface area (Å²) in [5.41, 5.74) is 3.79. The number of hydrogen-bond acceptors (Lipinski definition) is 7. The predicted molar refractivity (Wildman–Crippen MR) is 106 cm³/mol. The first-order valence-corrected chi connectivity index (χ1v) is 9.48. The monoisotopic (exact) mass is 376 g/mol. The molecule has 1 aliphatic rings. The zero-order valence-electron chi connectivity index (χ0n) is 14.6. The van der Waals surface area contributed by atoms with Crippen molar-refractivity contribution < 1.29 is 9.47 Å². The van der Waals surface area contributed by atoms with Gasteiger partial charge in [-0.05, 0) is 25.1 Å². The Hall–Kier alpha value is -3.19. The number of aromatic nitrogens is 3. The van der Waals surface area contributed by atoms with Gasteiger partial charge in [0.05, 0.1) is 16.2 Å². The molecule has 4 aromatic rings. The van der Waals surface area contributed by atoms with Gasteiger partial charge in [0, 0.05) is 28.1 Å². The van der Waals surface area contributed by atoms with E-state index in [4.69, 9.17) is 9.47 Å². The zero-order valence-corrected chi connectivity index (χ0v) is 15.4. The number of rotatable bonds is 3. The van der Waals surface area contributed by atoms with Gasteiger partial charge in [0.2, 0.25) is 0 Å². The lowest BCUT2D eigenvalue weighted by atomic mass is 10.1. The average molecular weight is 376 g/mol. The molecule has 134 valence electrons. The number of fused-ring (bicyclic) bond motifs is 2. The molecule has 3 heterocycles. The molecule has 0 unspecified atom stereocenters. The molecule has 1 N–H and O–H groups in total. The molecule has 0 radical (unpaired) electrons. The van der Waals surface area contributed by atoms with Crippen LogP contribution in [0.3, 0.4) is 0 Å². The molecule has 0 amide bonds. The molecule has 2 aromatic carbocycles. The number of aryl methyl sites for hydroxylation is 1. The minimum Gasteiger partial charge on any atom is -0.486 e. The third-order valence-electron chi connectivity index (χ3n) is 4.34. The topological polar surface area (TPSA) is 69.2 Å². The Morgan fingerprint density at radius 1 is 1.04 bits per heavy atom. The second-order valence-electron chi connectivity index (χ2n) is 6.19. The van der Waals surface area contributed by atoms with Crippen LogP contribution in [0.1, 0.15) is 5.01 Å². The molecule has 0 bridgehead atoms. The quantitative estimate of drug-likeness (QED) is 0.565. The van der Waals surface area contributed by atoms with E-state index in [0.717, 1.165) is 50.2 Å². The molecule has 0 fully saturated rings. The van der Waals surface area contributed by atoms with Crippen molar-refractivity contribution in [2.24, 2.45) is 0 Å². The first kappa shape index (κ1) is 16.0. The van der Waals surface area contributed by atoms with Crippen LogP contribution in [0.15, 0.2) is 48.1 Å². The molecule has 1 aliphatic heterocycles. The van der Waals surface area contributed by atoms with E-state index in [-0.39, 0.29) is 0 Å². The fourth-order valence-electron chi connectivity index (χ4n) is 3.08. The molecular formula is C20H16N4O2S. The Kier molecular flexibility index (Phi) is 3.86. The van der Waals surface area contributed by atoms with E-state index in [9.17, 15) is 0 Å². The Bertz CT molecular complexity index is 1140. The molecule has 7 heteroatoms. The van der Waals surface area contributed by atoms with Crippen molar-refractivity contribution in [3.63, 3.8) is 0 Å². The molecule has 2 aromatic heterocycles. The van der Waals surface area contributed by atoms with Crippen LogP contribution in [0.25, 0.3) is 22.2 Å². The number of hydrogen-bond donors (Lipinski definition) is 1. The molecular weight excluding hydrogens is 360 g/mol. The fraction of sp³-hybridized carbons (Fsp3) is 0.150. The molecule has 27 heavy (non-hydrogen) atoms. The first-order chi connectivity index (χ1) is 13.3. The van der Waals surface area contributed by atoms with Crippen molar-refractivity contribution in [3.8, 4) is 22.8 Å². The van der Waals surface area contributed by atoms with Crippen molar-refractivity contribution in [1.82, 2.24) is 15.0 Å². The van der Waals surface area contributed by atoms with E-state index in [0.29, 0.717) is 13.2 Å². The van der Waals surface area contributed by atoms with E-state index < -0.39 is 0 Å². The third kappa shape index (κ3) is 3.06. The van der Waals surface area contributed by atoms with E-state index in [2.05, 4.69) is 37.8 Å².